The summed E-state index contributed by atoms with van der Waals surface area (Å²) in [4.78, 5) is 13.6. The Hall–Kier alpha value is -1.48. The van der Waals surface area contributed by atoms with E-state index in [0.29, 0.717) is 36.7 Å². The van der Waals surface area contributed by atoms with Crippen LogP contribution < -0.4 is 5.32 Å². The Kier molecular flexibility index (Phi) is 5.90. The van der Waals surface area contributed by atoms with E-state index in [1.54, 1.807) is 35.7 Å². The Balaban J connectivity index is 1.74. The first-order valence-electron chi connectivity index (χ1n) is 9.29. The number of amides is 1. The molecule has 1 aromatic carbocycles. The Morgan fingerprint density at radius 2 is 1.74 bits per heavy atom. The summed E-state index contributed by atoms with van der Waals surface area (Å²) in [6.07, 6.45) is 1.97. The third-order valence-corrected chi connectivity index (χ3v) is 7.68. The van der Waals surface area contributed by atoms with Crippen molar-refractivity contribution in [2.45, 2.75) is 36.8 Å². The van der Waals surface area contributed by atoms with Crippen LogP contribution in [0.15, 0.2) is 29.2 Å². The molecule has 1 amide bonds. The molecular formula is C19H29N3O4S. The number of carbonyl (C=O) groups excluding carboxylic acids is 1. The van der Waals surface area contributed by atoms with E-state index < -0.39 is 10.0 Å². The molecule has 3 rings (SSSR count). The molecule has 0 aromatic heterocycles. The predicted molar refractivity (Wildman–Crippen MR) is 104 cm³/mol. The maximum atomic E-state index is 13.1. The highest BCUT2D eigenvalue weighted by Gasteiger charge is 2.46. The molecule has 2 fully saturated rings. The first-order chi connectivity index (χ1) is 12.7. The van der Waals surface area contributed by atoms with Gasteiger partial charge in [-0.05, 0) is 63.0 Å². The van der Waals surface area contributed by atoms with Crippen LogP contribution in [0.2, 0.25) is 0 Å². The Bertz CT molecular complexity index is 779. The highest BCUT2D eigenvalue weighted by molar-refractivity contribution is 7.89. The van der Waals surface area contributed by atoms with Crippen LogP contribution in [0, 0.1) is 11.8 Å². The minimum atomic E-state index is -3.54. The van der Waals surface area contributed by atoms with Crippen molar-refractivity contribution in [3.63, 3.8) is 0 Å². The van der Waals surface area contributed by atoms with E-state index in [4.69, 9.17) is 4.74 Å². The van der Waals surface area contributed by atoms with E-state index in [1.807, 2.05) is 0 Å². The summed E-state index contributed by atoms with van der Waals surface area (Å²) < 4.78 is 33.4. The Morgan fingerprint density at radius 3 is 2.26 bits per heavy atom. The topological polar surface area (TPSA) is 79.0 Å². The Labute approximate surface area is 161 Å². The molecule has 1 N–H and O–H groups in total. The smallest absolute Gasteiger partial charge is 0.243 e. The molecule has 1 heterocycles. The number of anilines is 1. The van der Waals surface area contributed by atoms with Crippen molar-refractivity contribution in [1.29, 1.82) is 0 Å². The maximum Gasteiger partial charge on any atom is 0.243 e. The quantitative estimate of drug-likeness (QED) is 0.820. The SMILES string of the molecule is CO[C@@H]1C[C@H]2CN(S(=O)(=O)c3ccc(NC(C)=O)cc3)C[C@H]2C[C@H]1N(C)C. The fourth-order valence-electron chi connectivity index (χ4n) is 4.40. The van der Waals surface area contributed by atoms with E-state index >= 15 is 0 Å². The van der Waals surface area contributed by atoms with Gasteiger partial charge >= 0.3 is 0 Å². The number of benzene rings is 1. The van der Waals surface area contributed by atoms with E-state index in [-0.39, 0.29) is 16.9 Å². The number of hydrogen-bond donors (Lipinski definition) is 1. The van der Waals surface area contributed by atoms with Crippen molar-refractivity contribution in [3.8, 4) is 0 Å². The molecule has 2 aliphatic rings. The van der Waals surface area contributed by atoms with Gasteiger partial charge in [0.15, 0.2) is 0 Å². The second-order valence-electron chi connectivity index (χ2n) is 7.82. The van der Waals surface area contributed by atoms with Gasteiger partial charge in [0.05, 0.1) is 11.0 Å². The lowest BCUT2D eigenvalue weighted by molar-refractivity contribution is -0.114. The van der Waals surface area contributed by atoms with Gasteiger partial charge < -0.3 is 15.0 Å². The molecule has 7 nitrogen and oxygen atoms in total. The number of ether oxygens (including phenoxy) is 1. The van der Waals surface area contributed by atoms with Crippen LogP contribution in [0.4, 0.5) is 5.69 Å². The zero-order valence-electron chi connectivity index (χ0n) is 16.4. The molecule has 0 unspecified atom stereocenters. The van der Waals surface area contributed by atoms with E-state index in [1.165, 1.54) is 6.92 Å². The summed E-state index contributed by atoms with van der Waals surface area (Å²) in [5.41, 5.74) is 0.591. The first kappa shape index (κ1) is 20.3. The van der Waals surface area contributed by atoms with Gasteiger partial charge in [0.1, 0.15) is 0 Å². The van der Waals surface area contributed by atoms with Gasteiger partial charge in [0.2, 0.25) is 15.9 Å². The van der Waals surface area contributed by atoms with Gasteiger partial charge in [-0.2, -0.15) is 4.31 Å². The third-order valence-electron chi connectivity index (χ3n) is 5.83. The zero-order valence-corrected chi connectivity index (χ0v) is 17.2. The minimum absolute atomic E-state index is 0.140. The Morgan fingerprint density at radius 1 is 1.15 bits per heavy atom. The van der Waals surface area contributed by atoms with E-state index in [0.717, 1.165) is 12.8 Å². The van der Waals surface area contributed by atoms with Crippen LogP contribution in [-0.2, 0) is 19.6 Å². The number of fused-ring (bicyclic) bond motifs is 1. The zero-order chi connectivity index (χ0) is 19.8. The molecule has 150 valence electrons. The van der Waals surface area contributed by atoms with Gasteiger partial charge in [-0.25, -0.2) is 8.42 Å². The number of methoxy groups -OCH3 is 1. The number of hydrogen-bond acceptors (Lipinski definition) is 5. The van der Waals surface area contributed by atoms with Crippen LogP contribution in [0.3, 0.4) is 0 Å². The molecule has 1 saturated heterocycles. The summed E-state index contributed by atoms with van der Waals surface area (Å²) in [6.45, 7) is 2.52. The largest absolute Gasteiger partial charge is 0.380 e. The second-order valence-corrected chi connectivity index (χ2v) is 9.76. The number of carbonyl (C=O) groups is 1. The summed E-state index contributed by atoms with van der Waals surface area (Å²) in [5, 5.41) is 2.65. The average Bonchev–Trinajstić information content (AvgIpc) is 3.04. The van der Waals surface area contributed by atoms with Crippen LogP contribution >= 0.6 is 0 Å². The van der Waals surface area contributed by atoms with Crippen molar-refractivity contribution in [3.05, 3.63) is 24.3 Å². The van der Waals surface area contributed by atoms with Crippen LogP contribution in [0.25, 0.3) is 0 Å². The van der Waals surface area contributed by atoms with Crippen LogP contribution in [-0.4, -0.2) is 70.0 Å². The lowest BCUT2D eigenvalue weighted by Gasteiger charge is -2.40. The van der Waals surface area contributed by atoms with E-state index in [2.05, 4.69) is 24.3 Å². The highest BCUT2D eigenvalue weighted by Crippen LogP contribution is 2.40. The fraction of sp³-hybridized carbons (Fsp3) is 0.632. The number of sulfonamides is 1. The van der Waals surface area contributed by atoms with Crippen molar-refractivity contribution in [1.82, 2.24) is 9.21 Å². The van der Waals surface area contributed by atoms with Crippen molar-refractivity contribution >= 4 is 21.6 Å². The lowest BCUT2D eigenvalue weighted by atomic mass is 9.77. The summed E-state index contributed by atoms with van der Waals surface area (Å²) in [5.74, 6) is 0.508. The molecule has 1 aliphatic carbocycles. The number of nitrogens with one attached hydrogen (secondary N) is 1. The molecule has 1 aromatic rings. The molecule has 27 heavy (non-hydrogen) atoms. The number of likely N-dealkylation sites (N-methyl/N-ethyl adjacent to an activating group) is 1. The summed E-state index contributed by atoms with van der Waals surface area (Å²) >= 11 is 0. The van der Waals surface area contributed by atoms with Crippen molar-refractivity contribution in [2.24, 2.45) is 11.8 Å². The number of nitrogens with zero attached hydrogens (tertiary/aromatic N) is 2. The van der Waals surface area contributed by atoms with Crippen molar-refractivity contribution < 1.29 is 17.9 Å². The lowest BCUT2D eigenvalue weighted by Crippen LogP contribution is -2.47. The molecule has 1 saturated carbocycles. The first-order valence-corrected chi connectivity index (χ1v) is 10.7. The highest BCUT2D eigenvalue weighted by atomic mass is 32.2. The normalized spacial score (nSPS) is 28.9. The second kappa shape index (κ2) is 7.87. The van der Waals surface area contributed by atoms with E-state index in [9.17, 15) is 13.2 Å². The van der Waals surface area contributed by atoms with Gasteiger partial charge in [0, 0.05) is 38.9 Å². The van der Waals surface area contributed by atoms with Gasteiger partial charge in [0.25, 0.3) is 0 Å². The van der Waals surface area contributed by atoms with Crippen LogP contribution in [0.1, 0.15) is 19.8 Å². The van der Waals surface area contributed by atoms with Gasteiger partial charge in [-0.15, -0.1) is 0 Å². The average molecular weight is 396 g/mol. The number of rotatable bonds is 5. The van der Waals surface area contributed by atoms with Crippen molar-refractivity contribution in [2.75, 3.05) is 39.6 Å². The molecule has 0 radical (unpaired) electrons. The van der Waals surface area contributed by atoms with Gasteiger partial charge in [-0.3, -0.25) is 4.79 Å². The van der Waals surface area contributed by atoms with Crippen LogP contribution in [0.5, 0.6) is 0 Å². The molecule has 0 spiro atoms. The van der Waals surface area contributed by atoms with Gasteiger partial charge in [-0.1, -0.05) is 0 Å². The maximum absolute atomic E-state index is 13.1. The fourth-order valence-corrected chi connectivity index (χ4v) is 5.96. The predicted octanol–water partition coefficient (Wildman–Crippen LogP) is 1.62. The molecule has 1 aliphatic heterocycles. The molecule has 4 atom stereocenters. The summed E-state index contributed by atoms with van der Waals surface area (Å²) in [6, 6.07) is 6.68. The molecule has 0 bridgehead atoms. The standard InChI is InChI=1S/C19H29N3O4S/c1-13(23)20-16-5-7-17(8-6-16)27(24,25)22-11-14-9-18(21(2)3)19(26-4)10-15(14)12-22/h5-8,14-15,18-19H,9-12H2,1-4H3,(H,20,23)/t14-,15+,18-,19-/m1/s1. The molecule has 8 heteroatoms. The summed E-state index contributed by atoms with van der Waals surface area (Å²) in [7, 11) is 2.31. The third kappa shape index (κ3) is 4.18. The minimum Gasteiger partial charge on any atom is -0.380 e. The monoisotopic (exact) mass is 395 g/mol. The molecular weight excluding hydrogens is 366 g/mol.